The normalized spacial score (nSPS) is 19.7. The first-order valence-electron chi connectivity index (χ1n) is 11.6. The Morgan fingerprint density at radius 2 is 1.68 bits per heavy atom. The Balaban J connectivity index is 1.25. The van der Waals surface area contributed by atoms with Crippen molar-refractivity contribution in [3.63, 3.8) is 0 Å². The number of rotatable bonds is 9. The number of benzene rings is 2. The molecule has 0 radical (unpaired) electrons. The van der Waals surface area contributed by atoms with Crippen molar-refractivity contribution in [1.82, 2.24) is 10.6 Å². The van der Waals surface area contributed by atoms with Crippen molar-refractivity contribution in [2.75, 3.05) is 20.3 Å². The lowest BCUT2D eigenvalue weighted by atomic mass is 9.98. The highest BCUT2D eigenvalue weighted by molar-refractivity contribution is 5.83. The van der Waals surface area contributed by atoms with Crippen LogP contribution in [0.1, 0.15) is 42.7 Å². The van der Waals surface area contributed by atoms with E-state index in [0.717, 1.165) is 24.0 Å². The van der Waals surface area contributed by atoms with Gasteiger partial charge in [0.15, 0.2) is 6.04 Å². The van der Waals surface area contributed by atoms with E-state index in [2.05, 4.69) is 34.9 Å². The number of carboxylic acid groups (broad SMARTS) is 1. The highest BCUT2D eigenvalue weighted by Gasteiger charge is 2.31. The van der Waals surface area contributed by atoms with Crippen LogP contribution >= 0.6 is 0 Å². The molecule has 0 aliphatic heterocycles. The van der Waals surface area contributed by atoms with Gasteiger partial charge >= 0.3 is 12.1 Å². The van der Waals surface area contributed by atoms with E-state index in [1.54, 1.807) is 0 Å². The standard InChI is InChI=1S/C26H30N2O6/c1-33-15-23(25(30)31)28-24(29)13-16-10-11-17(12-16)27-26(32)34-14-22-20-8-4-2-6-18(20)19-7-3-5-9-21(19)22/h2-9,16-17,22-23H,10-15H2,1H3,(H,27,32)(H,28,29)(H,30,31)/t16-,17+,23-/m0/s1. The number of hydrogen-bond acceptors (Lipinski definition) is 5. The average molecular weight is 467 g/mol. The topological polar surface area (TPSA) is 114 Å². The predicted octanol–water partition coefficient (Wildman–Crippen LogP) is 3.30. The minimum absolute atomic E-state index is 0.00690. The summed E-state index contributed by atoms with van der Waals surface area (Å²) in [4.78, 5) is 35.9. The van der Waals surface area contributed by atoms with Gasteiger partial charge in [0.1, 0.15) is 6.61 Å². The van der Waals surface area contributed by atoms with Crippen molar-refractivity contribution in [3.8, 4) is 11.1 Å². The molecular weight excluding hydrogens is 436 g/mol. The lowest BCUT2D eigenvalue weighted by Crippen LogP contribution is -2.44. The zero-order valence-electron chi connectivity index (χ0n) is 19.2. The molecular formula is C26H30N2O6. The molecule has 0 unspecified atom stereocenters. The van der Waals surface area contributed by atoms with Crippen LogP contribution in [-0.2, 0) is 19.1 Å². The van der Waals surface area contributed by atoms with Crippen molar-refractivity contribution in [1.29, 1.82) is 0 Å². The number of carboxylic acids is 1. The summed E-state index contributed by atoms with van der Waals surface area (Å²) in [6.07, 6.45) is 1.95. The van der Waals surface area contributed by atoms with Gasteiger partial charge < -0.3 is 25.2 Å². The van der Waals surface area contributed by atoms with E-state index in [1.807, 2.05) is 24.3 Å². The molecule has 1 fully saturated rings. The van der Waals surface area contributed by atoms with Crippen molar-refractivity contribution in [2.24, 2.45) is 5.92 Å². The minimum atomic E-state index is -1.13. The maximum atomic E-state index is 12.5. The molecule has 2 aliphatic carbocycles. The molecule has 3 atom stereocenters. The number of nitrogens with one attached hydrogen (secondary N) is 2. The van der Waals surface area contributed by atoms with Crippen LogP contribution in [0.3, 0.4) is 0 Å². The van der Waals surface area contributed by atoms with Crippen molar-refractivity contribution in [2.45, 2.75) is 43.7 Å². The van der Waals surface area contributed by atoms with Crippen LogP contribution in [-0.4, -0.2) is 55.5 Å². The van der Waals surface area contributed by atoms with Gasteiger partial charge in [0.25, 0.3) is 0 Å². The number of alkyl carbamates (subject to hydrolysis) is 1. The summed E-state index contributed by atoms with van der Waals surface area (Å²) < 4.78 is 10.5. The van der Waals surface area contributed by atoms with Crippen LogP contribution in [0.2, 0.25) is 0 Å². The molecule has 0 aromatic heterocycles. The maximum Gasteiger partial charge on any atom is 0.407 e. The van der Waals surface area contributed by atoms with Crippen LogP contribution < -0.4 is 10.6 Å². The van der Waals surface area contributed by atoms with Gasteiger partial charge in [-0.3, -0.25) is 4.79 Å². The van der Waals surface area contributed by atoms with Crippen LogP contribution in [0.15, 0.2) is 48.5 Å². The van der Waals surface area contributed by atoms with Crippen LogP contribution in [0.4, 0.5) is 4.79 Å². The SMILES string of the molecule is COC[C@H](NC(=O)C[C@H]1CC[C@@H](NC(=O)OCC2c3ccccc3-c3ccccc32)C1)C(=O)O. The van der Waals surface area contributed by atoms with E-state index < -0.39 is 18.1 Å². The van der Waals surface area contributed by atoms with E-state index in [4.69, 9.17) is 14.6 Å². The van der Waals surface area contributed by atoms with Crippen LogP contribution in [0, 0.1) is 5.92 Å². The third-order valence-electron chi connectivity index (χ3n) is 6.65. The van der Waals surface area contributed by atoms with Gasteiger partial charge in [-0.25, -0.2) is 9.59 Å². The molecule has 4 rings (SSSR count). The Bertz CT molecular complexity index is 1010. The molecule has 2 aliphatic rings. The van der Waals surface area contributed by atoms with Gasteiger partial charge in [-0.2, -0.15) is 0 Å². The summed E-state index contributed by atoms with van der Waals surface area (Å²) >= 11 is 0. The van der Waals surface area contributed by atoms with Gasteiger partial charge in [0.2, 0.25) is 5.91 Å². The third-order valence-corrected chi connectivity index (χ3v) is 6.65. The number of fused-ring (bicyclic) bond motifs is 3. The smallest absolute Gasteiger partial charge is 0.407 e. The Kier molecular flexibility index (Phi) is 7.47. The molecule has 0 spiro atoms. The summed E-state index contributed by atoms with van der Waals surface area (Å²) in [7, 11) is 1.39. The zero-order chi connectivity index (χ0) is 24.1. The Morgan fingerprint density at radius 1 is 1.03 bits per heavy atom. The van der Waals surface area contributed by atoms with E-state index in [0.29, 0.717) is 6.42 Å². The Hall–Kier alpha value is -3.39. The van der Waals surface area contributed by atoms with Gasteiger partial charge in [0, 0.05) is 25.5 Å². The molecule has 0 heterocycles. The molecule has 0 saturated heterocycles. The monoisotopic (exact) mass is 466 g/mol. The van der Waals surface area contributed by atoms with E-state index in [1.165, 1.54) is 18.2 Å². The second-order valence-electron chi connectivity index (χ2n) is 8.96. The molecule has 34 heavy (non-hydrogen) atoms. The fourth-order valence-electron chi connectivity index (χ4n) is 5.05. The number of carbonyl (C=O) groups is 3. The quantitative estimate of drug-likeness (QED) is 0.523. The number of methoxy groups -OCH3 is 1. The first kappa shape index (κ1) is 23.8. The third kappa shape index (κ3) is 5.39. The summed E-state index contributed by atoms with van der Waals surface area (Å²) in [5, 5.41) is 14.6. The lowest BCUT2D eigenvalue weighted by molar-refractivity contribution is -0.143. The van der Waals surface area contributed by atoms with Gasteiger partial charge in [-0.1, -0.05) is 48.5 Å². The predicted molar refractivity (Wildman–Crippen MR) is 125 cm³/mol. The molecule has 0 bridgehead atoms. The van der Waals surface area contributed by atoms with Crippen LogP contribution in [0.5, 0.6) is 0 Å². The van der Waals surface area contributed by atoms with E-state index >= 15 is 0 Å². The van der Waals surface area contributed by atoms with Gasteiger partial charge in [0.05, 0.1) is 6.61 Å². The molecule has 180 valence electrons. The number of hydrogen-bond donors (Lipinski definition) is 3. The van der Waals surface area contributed by atoms with Gasteiger partial charge in [-0.05, 0) is 47.4 Å². The molecule has 2 amide bonds. The summed E-state index contributed by atoms with van der Waals surface area (Å²) in [6, 6.07) is 15.3. The zero-order valence-corrected chi connectivity index (χ0v) is 19.2. The fourth-order valence-corrected chi connectivity index (χ4v) is 5.05. The van der Waals surface area contributed by atoms with Crippen molar-refractivity contribution in [3.05, 3.63) is 59.7 Å². The molecule has 2 aromatic rings. The Morgan fingerprint density at radius 3 is 2.29 bits per heavy atom. The largest absolute Gasteiger partial charge is 0.480 e. The van der Waals surface area contributed by atoms with E-state index in [-0.39, 0.29) is 43.4 Å². The molecule has 3 N–H and O–H groups in total. The van der Waals surface area contributed by atoms with Crippen molar-refractivity contribution >= 4 is 18.0 Å². The average Bonchev–Trinajstić information content (AvgIpc) is 3.39. The maximum absolute atomic E-state index is 12.5. The Labute approximate surface area is 198 Å². The fraction of sp³-hybridized carbons (Fsp3) is 0.423. The first-order valence-corrected chi connectivity index (χ1v) is 11.6. The lowest BCUT2D eigenvalue weighted by Gasteiger charge is -2.17. The molecule has 8 heteroatoms. The number of carbonyl (C=O) groups excluding carboxylic acids is 2. The highest BCUT2D eigenvalue weighted by Crippen LogP contribution is 2.44. The second-order valence-corrected chi connectivity index (χ2v) is 8.96. The molecule has 1 saturated carbocycles. The van der Waals surface area contributed by atoms with Crippen LogP contribution in [0.25, 0.3) is 11.1 Å². The second kappa shape index (κ2) is 10.7. The number of aliphatic carboxylic acids is 1. The van der Waals surface area contributed by atoms with Crippen molar-refractivity contribution < 1.29 is 29.0 Å². The highest BCUT2D eigenvalue weighted by atomic mass is 16.5. The van der Waals surface area contributed by atoms with E-state index in [9.17, 15) is 14.4 Å². The molecule has 2 aromatic carbocycles. The number of ether oxygens (including phenoxy) is 2. The molecule has 8 nitrogen and oxygen atoms in total. The summed E-state index contributed by atoms with van der Waals surface area (Å²) in [6.45, 7) is 0.173. The van der Waals surface area contributed by atoms with Gasteiger partial charge in [-0.15, -0.1) is 0 Å². The minimum Gasteiger partial charge on any atom is -0.480 e. The first-order chi connectivity index (χ1) is 16.5. The summed E-state index contributed by atoms with van der Waals surface area (Å²) in [5.74, 6) is -1.36. The summed E-state index contributed by atoms with van der Waals surface area (Å²) in [5.41, 5.74) is 4.69. The number of amides is 2.